The number of hydrogen-bond acceptors (Lipinski definition) is 3. The first-order valence-corrected chi connectivity index (χ1v) is 7.34. The zero-order chi connectivity index (χ0) is 15.1. The van der Waals surface area contributed by atoms with Crippen LogP contribution in [0.4, 0.5) is 0 Å². The van der Waals surface area contributed by atoms with Crippen LogP contribution in [0, 0.1) is 17.8 Å². The fourth-order valence-corrected chi connectivity index (χ4v) is 2.60. The minimum absolute atomic E-state index is 0.272. The smallest absolute Gasteiger partial charge is 0.338 e. The van der Waals surface area contributed by atoms with Crippen molar-refractivity contribution in [3.63, 3.8) is 0 Å². The number of benzene rings is 1. The average Bonchev–Trinajstić information content (AvgIpc) is 2.42. The van der Waals surface area contributed by atoms with Crippen LogP contribution < -0.4 is 5.32 Å². The first-order valence-electron chi connectivity index (χ1n) is 7.34. The van der Waals surface area contributed by atoms with Crippen molar-refractivity contribution in [2.24, 2.45) is 17.8 Å². The average molecular weight is 277 g/mol. The van der Waals surface area contributed by atoms with Crippen molar-refractivity contribution in [1.29, 1.82) is 0 Å². The maximum atomic E-state index is 11.7. The predicted molar refractivity (Wildman–Crippen MR) is 82.7 cm³/mol. The number of ether oxygens (including phenoxy) is 1. The summed E-state index contributed by atoms with van der Waals surface area (Å²) < 4.78 is 4.81. The van der Waals surface area contributed by atoms with E-state index in [4.69, 9.17) is 4.74 Å². The molecular weight excluding hydrogens is 250 g/mol. The van der Waals surface area contributed by atoms with Crippen LogP contribution in [0.5, 0.6) is 0 Å². The molecule has 0 saturated carbocycles. The van der Waals surface area contributed by atoms with Crippen LogP contribution in [0.25, 0.3) is 0 Å². The van der Waals surface area contributed by atoms with E-state index in [0.717, 1.165) is 12.1 Å². The van der Waals surface area contributed by atoms with E-state index in [1.807, 2.05) is 24.3 Å². The van der Waals surface area contributed by atoms with Gasteiger partial charge in [-0.2, -0.15) is 0 Å². The van der Waals surface area contributed by atoms with E-state index < -0.39 is 0 Å². The molecule has 3 nitrogen and oxygen atoms in total. The maximum absolute atomic E-state index is 11.7. The number of esters is 1. The van der Waals surface area contributed by atoms with E-state index in [-0.39, 0.29) is 5.97 Å². The molecule has 0 unspecified atom stereocenters. The Morgan fingerprint density at radius 1 is 1.15 bits per heavy atom. The Morgan fingerprint density at radius 3 is 2.30 bits per heavy atom. The van der Waals surface area contributed by atoms with Crippen molar-refractivity contribution in [2.45, 2.75) is 34.2 Å². The van der Waals surface area contributed by atoms with E-state index in [9.17, 15) is 4.79 Å². The molecule has 0 spiro atoms. The highest BCUT2D eigenvalue weighted by Gasteiger charge is 2.17. The van der Waals surface area contributed by atoms with Crippen molar-refractivity contribution in [2.75, 3.05) is 13.7 Å². The Balaban J connectivity index is 2.64. The van der Waals surface area contributed by atoms with Gasteiger partial charge in [-0.25, -0.2) is 4.79 Å². The van der Waals surface area contributed by atoms with Crippen molar-refractivity contribution in [3.8, 4) is 0 Å². The van der Waals surface area contributed by atoms with Gasteiger partial charge in [0.2, 0.25) is 0 Å². The molecule has 0 aliphatic rings. The summed E-state index contributed by atoms with van der Waals surface area (Å²) in [5.74, 6) is 1.67. The predicted octanol–water partition coefficient (Wildman–Crippen LogP) is 3.49. The number of carbonyl (C=O) groups is 1. The quantitative estimate of drug-likeness (QED) is 0.775. The molecule has 0 aromatic heterocycles. The van der Waals surface area contributed by atoms with Crippen LogP contribution in [0.1, 0.15) is 43.6 Å². The lowest BCUT2D eigenvalue weighted by Gasteiger charge is -2.25. The Labute approximate surface area is 122 Å². The van der Waals surface area contributed by atoms with Crippen LogP contribution in [0.3, 0.4) is 0 Å². The van der Waals surface area contributed by atoms with Gasteiger partial charge < -0.3 is 10.1 Å². The van der Waals surface area contributed by atoms with Gasteiger partial charge in [-0.15, -0.1) is 0 Å². The third-order valence-corrected chi connectivity index (χ3v) is 3.83. The lowest BCUT2D eigenvalue weighted by molar-refractivity contribution is 0.0599. The summed E-state index contributed by atoms with van der Waals surface area (Å²) in [5, 5.41) is 3.48. The molecule has 0 atom stereocenters. The monoisotopic (exact) mass is 277 g/mol. The molecule has 0 saturated heterocycles. The van der Waals surface area contributed by atoms with Gasteiger partial charge in [0.25, 0.3) is 0 Å². The number of nitrogens with one attached hydrogen (secondary N) is 1. The van der Waals surface area contributed by atoms with Crippen molar-refractivity contribution < 1.29 is 9.53 Å². The Hall–Kier alpha value is -1.35. The second-order valence-corrected chi connectivity index (χ2v) is 5.93. The molecule has 112 valence electrons. The molecule has 0 radical (unpaired) electrons. The number of carbonyl (C=O) groups excluding carboxylic acids is 1. The maximum Gasteiger partial charge on any atom is 0.338 e. The van der Waals surface area contributed by atoms with Gasteiger partial charge in [-0.05, 0) is 35.9 Å². The van der Waals surface area contributed by atoms with E-state index in [1.165, 1.54) is 7.11 Å². The van der Waals surface area contributed by atoms with Gasteiger partial charge in [0.1, 0.15) is 0 Å². The van der Waals surface area contributed by atoms with Crippen LogP contribution >= 0.6 is 0 Å². The highest BCUT2D eigenvalue weighted by molar-refractivity contribution is 5.90. The molecule has 1 aromatic rings. The first kappa shape index (κ1) is 16.7. The van der Waals surface area contributed by atoms with Gasteiger partial charge in [0.15, 0.2) is 0 Å². The summed E-state index contributed by atoms with van der Waals surface area (Å²) in [7, 11) is 1.42. The van der Waals surface area contributed by atoms with Crippen LogP contribution in [0.2, 0.25) is 0 Å². The molecule has 0 aliphatic carbocycles. The fourth-order valence-electron chi connectivity index (χ4n) is 2.60. The van der Waals surface area contributed by atoms with E-state index in [2.05, 4.69) is 33.0 Å². The first-order chi connectivity index (χ1) is 9.47. The normalized spacial score (nSPS) is 11.4. The van der Waals surface area contributed by atoms with Crippen LogP contribution in [-0.2, 0) is 11.3 Å². The van der Waals surface area contributed by atoms with Crippen molar-refractivity contribution in [1.82, 2.24) is 5.32 Å². The molecule has 0 amide bonds. The van der Waals surface area contributed by atoms with Gasteiger partial charge in [-0.1, -0.05) is 45.9 Å². The summed E-state index contributed by atoms with van der Waals surface area (Å²) in [5.41, 5.74) is 1.64. The molecule has 1 aromatic carbocycles. The molecule has 0 heterocycles. The standard InChI is InChI=1S/C17H27NO2/c1-12(2)16(13(3)4)11-18-10-14-8-6-7-9-15(14)17(19)20-5/h6-9,12-13,16,18H,10-11H2,1-5H3. The molecule has 3 heteroatoms. The molecule has 20 heavy (non-hydrogen) atoms. The lowest BCUT2D eigenvalue weighted by atomic mass is 9.85. The summed E-state index contributed by atoms with van der Waals surface area (Å²) in [4.78, 5) is 11.7. The summed E-state index contributed by atoms with van der Waals surface area (Å²) in [6.07, 6.45) is 0. The Morgan fingerprint density at radius 2 is 1.75 bits per heavy atom. The Bertz CT molecular complexity index is 419. The minimum atomic E-state index is -0.272. The highest BCUT2D eigenvalue weighted by Crippen LogP contribution is 2.19. The third-order valence-electron chi connectivity index (χ3n) is 3.83. The molecule has 1 N–H and O–H groups in total. The van der Waals surface area contributed by atoms with Crippen LogP contribution in [0.15, 0.2) is 24.3 Å². The van der Waals surface area contributed by atoms with E-state index in [1.54, 1.807) is 0 Å². The Kier molecular flexibility index (Phi) is 6.73. The summed E-state index contributed by atoms with van der Waals surface area (Å²) in [6, 6.07) is 7.59. The molecular formula is C17H27NO2. The van der Waals surface area contributed by atoms with Gasteiger partial charge in [0, 0.05) is 6.54 Å². The topological polar surface area (TPSA) is 38.3 Å². The molecule has 0 fully saturated rings. The minimum Gasteiger partial charge on any atom is -0.465 e. The second kappa shape index (κ2) is 8.05. The molecule has 1 rings (SSSR count). The van der Waals surface area contributed by atoms with Gasteiger partial charge in [0.05, 0.1) is 12.7 Å². The lowest BCUT2D eigenvalue weighted by Crippen LogP contribution is -2.30. The molecule has 0 bridgehead atoms. The zero-order valence-corrected chi connectivity index (χ0v) is 13.3. The van der Waals surface area contributed by atoms with E-state index >= 15 is 0 Å². The SMILES string of the molecule is COC(=O)c1ccccc1CNCC(C(C)C)C(C)C. The summed E-state index contributed by atoms with van der Waals surface area (Å²) in [6.45, 7) is 10.7. The largest absolute Gasteiger partial charge is 0.465 e. The zero-order valence-electron chi connectivity index (χ0n) is 13.3. The van der Waals surface area contributed by atoms with Crippen LogP contribution in [-0.4, -0.2) is 19.6 Å². The van der Waals surface area contributed by atoms with Gasteiger partial charge >= 0.3 is 5.97 Å². The number of rotatable bonds is 7. The van der Waals surface area contributed by atoms with Crippen molar-refractivity contribution in [3.05, 3.63) is 35.4 Å². The fraction of sp³-hybridized carbons (Fsp3) is 0.588. The highest BCUT2D eigenvalue weighted by atomic mass is 16.5. The van der Waals surface area contributed by atoms with Crippen molar-refractivity contribution >= 4 is 5.97 Å². The third kappa shape index (κ3) is 4.64. The summed E-state index contributed by atoms with van der Waals surface area (Å²) >= 11 is 0. The number of methoxy groups -OCH3 is 1. The molecule has 0 aliphatic heterocycles. The number of hydrogen-bond donors (Lipinski definition) is 1. The van der Waals surface area contributed by atoms with Gasteiger partial charge in [-0.3, -0.25) is 0 Å². The van der Waals surface area contributed by atoms with E-state index in [0.29, 0.717) is 29.9 Å². The second-order valence-electron chi connectivity index (χ2n) is 5.93.